The molecule has 2 N–H and O–H groups in total. The average molecular weight is 343 g/mol. The number of aliphatic hydroxyl groups excluding tert-OH is 1. The second-order valence-corrected chi connectivity index (χ2v) is 6.37. The van der Waals surface area contributed by atoms with Crippen molar-refractivity contribution < 1.29 is 19.4 Å². The first-order valence-corrected chi connectivity index (χ1v) is 8.55. The van der Waals surface area contributed by atoms with Gasteiger partial charge in [-0.3, -0.25) is 9.59 Å². The molecule has 0 aliphatic carbocycles. The minimum absolute atomic E-state index is 0.0398. The molecule has 0 heterocycles. The van der Waals surface area contributed by atoms with E-state index in [4.69, 9.17) is 4.74 Å². The summed E-state index contributed by atoms with van der Waals surface area (Å²) in [5, 5.41) is 14.6. The molecule has 5 heteroatoms. The van der Waals surface area contributed by atoms with Crippen LogP contribution in [0.25, 0.3) is 10.8 Å². The highest BCUT2D eigenvalue weighted by molar-refractivity contribution is 5.83. The maximum atomic E-state index is 12.0. The highest BCUT2D eigenvalue weighted by Crippen LogP contribution is 2.16. The summed E-state index contributed by atoms with van der Waals surface area (Å²) < 4.78 is 5.00. The molecule has 0 bridgehead atoms. The molecule has 2 rings (SSSR count). The lowest BCUT2D eigenvalue weighted by atomic mass is 10.0. The zero-order valence-corrected chi connectivity index (χ0v) is 14.7. The summed E-state index contributed by atoms with van der Waals surface area (Å²) in [6.45, 7) is 3.38. The fourth-order valence-electron chi connectivity index (χ4n) is 2.65. The van der Waals surface area contributed by atoms with Crippen molar-refractivity contribution in [3.8, 4) is 0 Å². The molecule has 5 nitrogen and oxygen atoms in total. The Balaban J connectivity index is 1.88. The first kappa shape index (κ1) is 18.9. The summed E-state index contributed by atoms with van der Waals surface area (Å²) in [6.07, 6.45) is 0.440. The average Bonchev–Trinajstić information content (AvgIpc) is 2.58. The van der Waals surface area contributed by atoms with E-state index in [0.717, 1.165) is 16.3 Å². The number of nitrogens with one attached hydrogen (secondary N) is 1. The Morgan fingerprint density at radius 2 is 1.80 bits per heavy atom. The number of rotatable bonds is 8. The number of esters is 1. The van der Waals surface area contributed by atoms with Gasteiger partial charge in [0.15, 0.2) is 0 Å². The van der Waals surface area contributed by atoms with Crippen LogP contribution >= 0.6 is 0 Å². The molecule has 0 aromatic heterocycles. The molecular formula is C20H25NO4. The number of aliphatic hydroxyl groups is 1. The maximum absolute atomic E-state index is 12.0. The van der Waals surface area contributed by atoms with Gasteiger partial charge in [-0.05, 0) is 36.6 Å². The normalized spacial score (nSPS) is 12.2. The zero-order valence-electron chi connectivity index (χ0n) is 14.7. The summed E-state index contributed by atoms with van der Waals surface area (Å²) >= 11 is 0. The smallest absolute Gasteiger partial charge is 0.306 e. The Morgan fingerprint density at radius 3 is 2.48 bits per heavy atom. The third kappa shape index (κ3) is 6.19. The Morgan fingerprint density at radius 1 is 1.08 bits per heavy atom. The van der Waals surface area contributed by atoms with Crippen molar-refractivity contribution in [1.82, 2.24) is 5.32 Å². The first-order chi connectivity index (χ1) is 12.0. The van der Waals surface area contributed by atoms with Crippen LogP contribution in [-0.2, 0) is 20.7 Å². The second-order valence-electron chi connectivity index (χ2n) is 6.37. The highest BCUT2D eigenvalue weighted by atomic mass is 16.5. The second kappa shape index (κ2) is 9.18. The van der Waals surface area contributed by atoms with E-state index < -0.39 is 0 Å². The Hall–Kier alpha value is -2.40. The van der Waals surface area contributed by atoms with Gasteiger partial charge in [0.25, 0.3) is 0 Å². The predicted molar refractivity (Wildman–Crippen MR) is 97.1 cm³/mol. The van der Waals surface area contributed by atoms with Gasteiger partial charge in [0.2, 0.25) is 5.91 Å². The zero-order chi connectivity index (χ0) is 18.2. The van der Waals surface area contributed by atoms with Crippen LogP contribution < -0.4 is 5.32 Å². The lowest BCUT2D eigenvalue weighted by Gasteiger charge is -2.17. The van der Waals surface area contributed by atoms with Gasteiger partial charge in [-0.2, -0.15) is 0 Å². The van der Waals surface area contributed by atoms with E-state index in [9.17, 15) is 14.7 Å². The number of carbonyl (C=O) groups is 2. The molecule has 0 spiro atoms. The molecule has 0 aliphatic heterocycles. The van der Waals surface area contributed by atoms with Gasteiger partial charge in [-0.15, -0.1) is 0 Å². The van der Waals surface area contributed by atoms with E-state index in [-0.39, 0.29) is 43.5 Å². The van der Waals surface area contributed by atoms with Crippen LogP contribution in [0.5, 0.6) is 0 Å². The number of amides is 1. The summed E-state index contributed by atoms with van der Waals surface area (Å²) in [4.78, 5) is 23.5. The number of hydrogen-bond donors (Lipinski definition) is 2. The van der Waals surface area contributed by atoms with E-state index >= 15 is 0 Å². The monoisotopic (exact) mass is 343 g/mol. The van der Waals surface area contributed by atoms with E-state index in [2.05, 4.69) is 11.4 Å². The summed E-state index contributed by atoms with van der Waals surface area (Å²) in [7, 11) is 0. The SMILES string of the molecule is CC(C)OC(=O)CCC(=O)NC(CO)Cc1ccc2ccccc2c1. The van der Waals surface area contributed by atoms with Crippen molar-refractivity contribution in [3.05, 3.63) is 48.0 Å². The third-order valence-corrected chi connectivity index (χ3v) is 3.80. The molecule has 0 saturated heterocycles. The van der Waals surface area contributed by atoms with Crippen molar-refractivity contribution in [2.24, 2.45) is 0 Å². The molecule has 1 atom stereocenters. The van der Waals surface area contributed by atoms with Gasteiger partial charge >= 0.3 is 5.97 Å². The molecule has 0 radical (unpaired) electrons. The fraction of sp³-hybridized carbons (Fsp3) is 0.400. The number of carbonyl (C=O) groups excluding carboxylic acids is 2. The van der Waals surface area contributed by atoms with Crippen molar-refractivity contribution in [1.29, 1.82) is 0 Å². The molecule has 0 aliphatic rings. The summed E-state index contributed by atoms with van der Waals surface area (Å²) in [6, 6.07) is 13.8. The van der Waals surface area contributed by atoms with Gasteiger partial charge < -0.3 is 15.2 Å². The molecule has 134 valence electrons. The van der Waals surface area contributed by atoms with Crippen molar-refractivity contribution in [2.75, 3.05) is 6.61 Å². The van der Waals surface area contributed by atoms with Crippen molar-refractivity contribution in [2.45, 2.75) is 45.3 Å². The van der Waals surface area contributed by atoms with Gasteiger partial charge in [0.05, 0.1) is 25.2 Å². The molecule has 1 unspecified atom stereocenters. The largest absolute Gasteiger partial charge is 0.463 e. The lowest BCUT2D eigenvalue weighted by molar-refractivity contribution is -0.148. The van der Waals surface area contributed by atoms with E-state index in [0.29, 0.717) is 6.42 Å². The number of ether oxygens (including phenoxy) is 1. The topological polar surface area (TPSA) is 75.6 Å². The lowest BCUT2D eigenvalue weighted by Crippen LogP contribution is -2.39. The van der Waals surface area contributed by atoms with Crippen LogP contribution in [0.1, 0.15) is 32.3 Å². The summed E-state index contributed by atoms with van der Waals surface area (Å²) in [5.41, 5.74) is 1.04. The Labute approximate surface area is 148 Å². The summed E-state index contributed by atoms with van der Waals surface area (Å²) in [5.74, 6) is -0.652. The van der Waals surface area contributed by atoms with E-state index in [1.54, 1.807) is 13.8 Å². The molecule has 1 amide bonds. The molecule has 0 saturated carbocycles. The molecular weight excluding hydrogens is 318 g/mol. The Bertz CT molecular complexity index is 726. The van der Waals surface area contributed by atoms with E-state index in [1.165, 1.54) is 0 Å². The molecule has 2 aromatic rings. The predicted octanol–water partition coefficient (Wildman–Crippen LogP) is 2.59. The fourth-order valence-corrected chi connectivity index (χ4v) is 2.65. The van der Waals surface area contributed by atoms with Crippen LogP contribution in [0.3, 0.4) is 0 Å². The van der Waals surface area contributed by atoms with Crippen LogP contribution in [0.2, 0.25) is 0 Å². The van der Waals surface area contributed by atoms with Crippen LogP contribution in [0.15, 0.2) is 42.5 Å². The van der Waals surface area contributed by atoms with Gasteiger partial charge in [-0.25, -0.2) is 0 Å². The maximum Gasteiger partial charge on any atom is 0.306 e. The van der Waals surface area contributed by atoms with Crippen LogP contribution in [-0.4, -0.2) is 35.7 Å². The number of benzene rings is 2. The minimum atomic E-state index is -0.389. The van der Waals surface area contributed by atoms with Gasteiger partial charge in [0.1, 0.15) is 0 Å². The molecule has 25 heavy (non-hydrogen) atoms. The van der Waals surface area contributed by atoms with E-state index in [1.807, 2.05) is 36.4 Å². The van der Waals surface area contributed by atoms with Gasteiger partial charge in [-0.1, -0.05) is 42.5 Å². The standard InChI is InChI=1S/C20H25NO4/c1-14(2)25-20(24)10-9-19(23)21-18(13-22)12-15-7-8-16-5-3-4-6-17(16)11-15/h3-8,11,14,18,22H,9-10,12-13H2,1-2H3,(H,21,23). The Kier molecular flexibility index (Phi) is 6.95. The molecule has 0 fully saturated rings. The number of hydrogen-bond acceptors (Lipinski definition) is 4. The third-order valence-electron chi connectivity index (χ3n) is 3.80. The van der Waals surface area contributed by atoms with Crippen molar-refractivity contribution in [3.63, 3.8) is 0 Å². The minimum Gasteiger partial charge on any atom is -0.463 e. The highest BCUT2D eigenvalue weighted by Gasteiger charge is 2.14. The quantitative estimate of drug-likeness (QED) is 0.723. The van der Waals surface area contributed by atoms with Crippen LogP contribution in [0, 0.1) is 0 Å². The first-order valence-electron chi connectivity index (χ1n) is 8.55. The van der Waals surface area contributed by atoms with Gasteiger partial charge in [0, 0.05) is 6.42 Å². The van der Waals surface area contributed by atoms with Crippen LogP contribution in [0.4, 0.5) is 0 Å². The number of fused-ring (bicyclic) bond motifs is 1. The van der Waals surface area contributed by atoms with Crippen molar-refractivity contribution >= 4 is 22.6 Å². The molecule has 2 aromatic carbocycles.